The zero-order valence-electron chi connectivity index (χ0n) is 17.4. The SMILES string of the molecule is C=C(C)C(=O)NCCCN(C)C.C=C(C)C(=O)NCCC[N+](C)(C)C. The molecule has 0 saturated heterocycles. The van der Waals surface area contributed by atoms with E-state index < -0.39 is 0 Å². The number of hydrogen-bond donors (Lipinski definition) is 2. The summed E-state index contributed by atoms with van der Waals surface area (Å²) in [6, 6.07) is 0. The molecule has 146 valence electrons. The smallest absolute Gasteiger partial charge is 0.246 e. The fourth-order valence-corrected chi connectivity index (χ4v) is 1.65. The van der Waals surface area contributed by atoms with E-state index in [-0.39, 0.29) is 11.8 Å². The Balaban J connectivity index is 0. The number of nitrogens with zero attached hydrogens (tertiary/aromatic N) is 2. The quantitative estimate of drug-likeness (QED) is 0.354. The van der Waals surface area contributed by atoms with Crippen molar-refractivity contribution in [3.63, 3.8) is 0 Å². The first-order valence-corrected chi connectivity index (χ1v) is 8.69. The first-order valence-electron chi connectivity index (χ1n) is 8.69. The molecule has 0 aliphatic carbocycles. The zero-order chi connectivity index (χ0) is 20.0. The van der Waals surface area contributed by atoms with Crippen molar-refractivity contribution in [2.75, 3.05) is 61.4 Å². The molecule has 6 heteroatoms. The van der Waals surface area contributed by atoms with Crippen molar-refractivity contribution in [2.24, 2.45) is 0 Å². The molecule has 0 aliphatic heterocycles. The van der Waals surface area contributed by atoms with Crippen LogP contribution in [0.4, 0.5) is 0 Å². The topological polar surface area (TPSA) is 61.4 Å². The van der Waals surface area contributed by atoms with Gasteiger partial charge in [0, 0.05) is 30.7 Å². The lowest BCUT2D eigenvalue weighted by molar-refractivity contribution is -0.870. The molecule has 0 unspecified atom stereocenters. The Morgan fingerprint density at radius 1 is 0.880 bits per heavy atom. The number of rotatable bonds is 10. The van der Waals surface area contributed by atoms with E-state index in [0.717, 1.165) is 43.5 Å². The summed E-state index contributed by atoms with van der Waals surface area (Å²) < 4.78 is 0.933. The van der Waals surface area contributed by atoms with E-state index in [2.05, 4.69) is 49.8 Å². The predicted octanol–water partition coefficient (Wildman–Crippen LogP) is 1.41. The predicted molar refractivity (Wildman–Crippen MR) is 106 cm³/mol. The second kappa shape index (κ2) is 13.6. The molecule has 0 radical (unpaired) electrons. The first-order chi connectivity index (χ1) is 11.4. The summed E-state index contributed by atoms with van der Waals surface area (Å²) in [5.41, 5.74) is 1.14. The van der Waals surface area contributed by atoms with Crippen LogP contribution in [-0.4, -0.2) is 82.6 Å². The van der Waals surface area contributed by atoms with Gasteiger partial charge in [-0.1, -0.05) is 13.2 Å². The van der Waals surface area contributed by atoms with E-state index in [1.807, 2.05) is 14.1 Å². The summed E-state index contributed by atoms with van der Waals surface area (Å²) in [5.74, 6) is -0.0878. The molecule has 0 aromatic heterocycles. The van der Waals surface area contributed by atoms with Crippen LogP contribution < -0.4 is 10.6 Å². The van der Waals surface area contributed by atoms with Crippen LogP contribution in [0.15, 0.2) is 24.3 Å². The minimum absolute atomic E-state index is 0.0404. The zero-order valence-corrected chi connectivity index (χ0v) is 17.4. The van der Waals surface area contributed by atoms with Gasteiger partial charge >= 0.3 is 0 Å². The third-order valence-electron chi connectivity index (χ3n) is 3.13. The lowest BCUT2D eigenvalue weighted by Crippen LogP contribution is -2.37. The maximum absolute atomic E-state index is 11.1. The monoisotopic (exact) mass is 355 g/mol. The molecule has 0 spiro atoms. The van der Waals surface area contributed by atoms with Gasteiger partial charge in [0.15, 0.2) is 0 Å². The molecule has 0 saturated carbocycles. The number of quaternary nitrogens is 1. The van der Waals surface area contributed by atoms with Crippen molar-refractivity contribution in [1.82, 2.24) is 15.5 Å². The molecule has 6 nitrogen and oxygen atoms in total. The van der Waals surface area contributed by atoms with E-state index in [4.69, 9.17) is 0 Å². The summed E-state index contributed by atoms with van der Waals surface area (Å²) in [4.78, 5) is 24.1. The van der Waals surface area contributed by atoms with Gasteiger partial charge in [0.2, 0.25) is 11.8 Å². The van der Waals surface area contributed by atoms with Crippen molar-refractivity contribution < 1.29 is 14.1 Å². The fraction of sp³-hybridized carbons (Fsp3) is 0.684. The van der Waals surface area contributed by atoms with Crippen LogP contribution in [0.5, 0.6) is 0 Å². The Kier molecular flexibility index (Phi) is 13.9. The minimum Gasteiger partial charge on any atom is -0.352 e. The van der Waals surface area contributed by atoms with Crippen molar-refractivity contribution in [3.05, 3.63) is 24.3 Å². The second-order valence-corrected chi connectivity index (χ2v) is 7.60. The molecule has 0 aromatic rings. The molecule has 2 amide bonds. The van der Waals surface area contributed by atoms with Gasteiger partial charge in [-0.3, -0.25) is 9.59 Å². The Labute approximate surface area is 154 Å². The third kappa shape index (κ3) is 20.3. The Hall–Kier alpha value is -1.66. The van der Waals surface area contributed by atoms with Gasteiger partial charge in [-0.15, -0.1) is 0 Å². The average Bonchev–Trinajstić information content (AvgIpc) is 2.46. The van der Waals surface area contributed by atoms with E-state index in [0.29, 0.717) is 11.1 Å². The largest absolute Gasteiger partial charge is 0.352 e. The first kappa shape index (κ1) is 25.6. The summed E-state index contributed by atoms with van der Waals surface area (Å²) in [5, 5.41) is 5.58. The number of carbonyl (C=O) groups excluding carboxylic acids is 2. The molecular weight excluding hydrogens is 316 g/mol. The Morgan fingerprint density at radius 2 is 1.28 bits per heavy atom. The summed E-state index contributed by atoms with van der Waals surface area (Å²) in [7, 11) is 10.4. The molecule has 0 rings (SSSR count). The van der Waals surface area contributed by atoms with Crippen LogP contribution in [0, 0.1) is 0 Å². The molecule has 2 N–H and O–H groups in total. The van der Waals surface area contributed by atoms with E-state index in [1.54, 1.807) is 13.8 Å². The highest BCUT2D eigenvalue weighted by Gasteiger charge is 2.06. The lowest BCUT2D eigenvalue weighted by Gasteiger charge is -2.23. The molecular formula is C19H39N4O2+. The minimum atomic E-state index is -0.0474. The molecule has 0 heterocycles. The van der Waals surface area contributed by atoms with Gasteiger partial charge in [-0.05, 0) is 40.9 Å². The van der Waals surface area contributed by atoms with E-state index in [9.17, 15) is 9.59 Å². The van der Waals surface area contributed by atoms with Crippen molar-refractivity contribution in [1.29, 1.82) is 0 Å². The van der Waals surface area contributed by atoms with Gasteiger partial charge in [0.25, 0.3) is 0 Å². The van der Waals surface area contributed by atoms with Gasteiger partial charge in [-0.25, -0.2) is 0 Å². The van der Waals surface area contributed by atoms with Gasteiger partial charge in [0.1, 0.15) is 0 Å². The number of nitrogens with one attached hydrogen (secondary N) is 2. The molecule has 0 aromatic carbocycles. The maximum Gasteiger partial charge on any atom is 0.246 e. The van der Waals surface area contributed by atoms with Crippen LogP contribution >= 0.6 is 0 Å². The van der Waals surface area contributed by atoms with E-state index >= 15 is 0 Å². The highest BCUT2D eigenvalue weighted by Crippen LogP contribution is 1.93. The fourth-order valence-electron chi connectivity index (χ4n) is 1.65. The number of amides is 2. The molecule has 0 fully saturated rings. The lowest BCUT2D eigenvalue weighted by atomic mass is 10.3. The van der Waals surface area contributed by atoms with Crippen molar-refractivity contribution in [2.45, 2.75) is 26.7 Å². The van der Waals surface area contributed by atoms with Crippen LogP contribution in [0.1, 0.15) is 26.7 Å². The summed E-state index contributed by atoms with van der Waals surface area (Å²) >= 11 is 0. The molecule has 0 aliphatic rings. The van der Waals surface area contributed by atoms with Gasteiger partial charge in [-0.2, -0.15) is 0 Å². The summed E-state index contributed by atoms with van der Waals surface area (Å²) in [6.07, 6.45) is 1.98. The summed E-state index contributed by atoms with van der Waals surface area (Å²) in [6.45, 7) is 14.1. The van der Waals surface area contributed by atoms with Crippen molar-refractivity contribution >= 4 is 11.8 Å². The normalized spacial score (nSPS) is 10.6. The number of carbonyl (C=O) groups is 2. The van der Waals surface area contributed by atoms with E-state index in [1.165, 1.54) is 0 Å². The van der Waals surface area contributed by atoms with Crippen LogP contribution in [0.25, 0.3) is 0 Å². The Morgan fingerprint density at radius 3 is 1.60 bits per heavy atom. The van der Waals surface area contributed by atoms with Gasteiger partial charge < -0.3 is 20.0 Å². The van der Waals surface area contributed by atoms with Crippen LogP contribution in [0.3, 0.4) is 0 Å². The van der Waals surface area contributed by atoms with Crippen LogP contribution in [-0.2, 0) is 9.59 Å². The molecule has 0 bridgehead atoms. The Bertz CT molecular complexity index is 437. The average molecular weight is 356 g/mol. The maximum atomic E-state index is 11.1. The molecule has 25 heavy (non-hydrogen) atoms. The van der Waals surface area contributed by atoms with Gasteiger partial charge in [0.05, 0.1) is 27.7 Å². The molecule has 0 atom stereocenters. The third-order valence-corrected chi connectivity index (χ3v) is 3.13. The highest BCUT2D eigenvalue weighted by molar-refractivity contribution is 5.92. The van der Waals surface area contributed by atoms with Crippen molar-refractivity contribution in [3.8, 4) is 0 Å². The van der Waals surface area contributed by atoms with Crippen LogP contribution in [0.2, 0.25) is 0 Å². The second-order valence-electron chi connectivity index (χ2n) is 7.60. The number of hydrogen-bond acceptors (Lipinski definition) is 3. The standard InChI is InChI=1S/C10H20N2O.C9H18N2O/c1-9(2)10(13)11-7-6-8-12(3,4)5;1-8(2)9(12)10-6-5-7-11(3)4/h1,6-8H2,2-5H3;1,5-7H2,2-4H3,(H,10,12)/p+1. The highest BCUT2D eigenvalue weighted by atomic mass is 16.2.